The Hall–Kier alpha value is -2.70. The van der Waals surface area contributed by atoms with E-state index in [0.717, 1.165) is 0 Å². The van der Waals surface area contributed by atoms with E-state index < -0.39 is 28.9 Å². The molecule has 166 valence electrons. The molecule has 2 heterocycles. The van der Waals surface area contributed by atoms with Crippen LogP contribution in [-0.2, 0) is 12.7 Å². The molecule has 0 spiro atoms. The molecule has 0 aliphatic carbocycles. The van der Waals surface area contributed by atoms with Crippen molar-refractivity contribution in [3.05, 3.63) is 48.2 Å². The summed E-state index contributed by atoms with van der Waals surface area (Å²) < 4.78 is 59.0. The van der Waals surface area contributed by atoms with Crippen LogP contribution in [0.3, 0.4) is 0 Å². The lowest BCUT2D eigenvalue weighted by Crippen LogP contribution is -2.26. The topological polar surface area (TPSA) is 87.9 Å². The van der Waals surface area contributed by atoms with E-state index >= 15 is 0 Å². The molecule has 3 aromatic rings. The van der Waals surface area contributed by atoms with Gasteiger partial charge in [0.2, 0.25) is 5.95 Å². The molecule has 0 fully saturated rings. The third-order valence-corrected chi connectivity index (χ3v) is 4.65. The van der Waals surface area contributed by atoms with Crippen LogP contribution in [-0.4, -0.2) is 37.5 Å². The van der Waals surface area contributed by atoms with Gasteiger partial charge in [0, 0.05) is 22.9 Å². The highest BCUT2D eigenvalue weighted by Gasteiger charge is 2.36. The Morgan fingerprint density at radius 2 is 1.94 bits per heavy atom. The number of nitrogens with one attached hydrogen (secondary N) is 2. The first kappa shape index (κ1) is 23.0. The summed E-state index contributed by atoms with van der Waals surface area (Å²) in [6.45, 7) is 3.18. The van der Waals surface area contributed by atoms with Gasteiger partial charge in [-0.3, -0.25) is 9.40 Å². The number of rotatable bonds is 7. The van der Waals surface area contributed by atoms with Gasteiger partial charge in [-0.05, 0) is 51.0 Å². The SMILES string of the molecule is CNSc1ccc(Nc2ncc(C(F)(F)F)c(-c3cnn(CC(C)(C)O)c3)n2)c(F)c1. The van der Waals surface area contributed by atoms with Crippen LogP contribution in [0.4, 0.5) is 29.2 Å². The van der Waals surface area contributed by atoms with Crippen molar-refractivity contribution in [2.75, 3.05) is 12.4 Å². The molecule has 3 rings (SSSR count). The van der Waals surface area contributed by atoms with Crippen molar-refractivity contribution in [3.8, 4) is 11.3 Å². The minimum atomic E-state index is -4.70. The van der Waals surface area contributed by atoms with Gasteiger partial charge in [0.15, 0.2) is 0 Å². The number of halogens is 4. The van der Waals surface area contributed by atoms with E-state index in [1.54, 1.807) is 27.0 Å². The van der Waals surface area contributed by atoms with Crippen LogP contribution in [0.2, 0.25) is 0 Å². The number of hydrogen-bond acceptors (Lipinski definition) is 7. The fraction of sp³-hybridized carbons (Fsp3) is 0.316. The number of anilines is 2. The summed E-state index contributed by atoms with van der Waals surface area (Å²) >= 11 is 1.21. The van der Waals surface area contributed by atoms with Crippen molar-refractivity contribution in [2.24, 2.45) is 0 Å². The van der Waals surface area contributed by atoms with Crippen LogP contribution in [0.15, 0.2) is 41.7 Å². The summed E-state index contributed by atoms with van der Waals surface area (Å²) in [5.74, 6) is -0.811. The third kappa shape index (κ3) is 5.93. The Morgan fingerprint density at radius 1 is 1.19 bits per heavy atom. The number of aromatic nitrogens is 4. The summed E-state index contributed by atoms with van der Waals surface area (Å²) in [5.41, 5.74) is -2.46. The van der Waals surface area contributed by atoms with Crippen molar-refractivity contribution in [3.63, 3.8) is 0 Å². The zero-order valence-electron chi connectivity index (χ0n) is 16.8. The van der Waals surface area contributed by atoms with Crippen molar-refractivity contribution in [2.45, 2.75) is 37.1 Å². The molecular weight excluding hydrogens is 436 g/mol. The number of benzene rings is 1. The second kappa shape index (κ2) is 8.81. The van der Waals surface area contributed by atoms with E-state index in [1.807, 2.05) is 0 Å². The van der Waals surface area contributed by atoms with Gasteiger partial charge in [0.05, 0.1) is 29.7 Å². The van der Waals surface area contributed by atoms with Crippen molar-refractivity contribution >= 4 is 23.6 Å². The van der Waals surface area contributed by atoms with E-state index in [2.05, 4.69) is 25.1 Å². The predicted octanol–water partition coefficient (Wildman–Crippen LogP) is 4.24. The molecule has 0 radical (unpaired) electrons. The Balaban J connectivity index is 1.96. The van der Waals surface area contributed by atoms with Gasteiger partial charge in [-0.15, -0.1) is 0 Å². The number of hydrogen-bond donors (Lipinski definition) is 3. The van der Waals surface area contributed by atoms with E-state index in [1.165, 1.54) is 41.2 Å². The van der Waals surface area contributed by atoms with Crippen LogP contribution in [0.1, 0.15) is 19.4 Å². The zero-order valence-corrected chi connectivity index (χ0v) is 17.6. The van der Waals surface area contributed by atoms with Crippen molar-refractivity contribution in [1.29, 1.82) is 0 Å². The quantitative estimate of drug-likeness (QED) is 0.362. The summed E-state index contributed by atoms with van der Waals surface area (Å²) in [6.07, 6.45) is -1.49. The molecule has 2 aromatic heterocycles. The smallest absolute Gasteiger partial charge is 0.389 e. The highest BCUT2D eigenvalue weighted by Crippen LogP contribution is 2.36. The Morgan fingerprint density at radius 3 is 2.55 bits per heavy atom. The van der Waals surface area contributed by atoms with Crippen LogP contribution >= 0.6 is 11.9 Å². The van der Waals surface area contributed by atoms with E-state index in [0.29, 0.717) is 11.1 Å². The first-order chi connectivity index (χ1) is 14.5. The van der Waals surface area contributed by atoms with Gasteiger partial charge in [0.1, 0.15) is 11.4 Å². The highest BCUT2D eigenvalue weighted by atomic mass is 32.2. The number of nitrogens with zero attached hydrogens (tertiary/aromatic N) is 4. The van der Waals surface area contributed by atoms with Crippen LogP contribution in [0, 0.1) is 5.82 Å². The lowest BCUT2D eigenvalue weighted by molar-refractivity contribution is -0.137. The molecule has 0 saturated heterocycles. The summed E-state index contributed by atoms with van der Waals surface area (Å²) in [6, 6.07) is 4.35. The molecule has 0 saturated carbocycles. The molecule has 0 unspecified atom stereocenters. The fourth-order valence-corrected chi connectivity index (χ4v) is 3.27. The van der Waals surface area contributed by atoms with Gasteiger partial charge in [-0.25, -0.2) is 14.4 Å². The Bertz CT molecular complexity index is 1060. The Labute approximate surface area is 180 Å². The molecule has 0 atom stereocenters. The van der Waals surface area contributed by atoms with Gasteiger partial charge in [0.25, 0.3) is 0 Å². The zero-order chi connectivity index (χ0) is 22.8. The average molecular weight is 456 g/mol. The summed E-state index contributed by atoms with van der Waals surface area (Å²) in [5, 5.41) is 16.5. The molecule has 0 aliphatic heterocycles. The molecule has 7 nitrogen and oxygen atoms in total. The van der Waals surface area contributed by atoms with E-state index in [9.17, 15) is 22.7 Å². The van der Waals surface area contributed by atoms with Gasteiger partial charge < -0.3 is 10.4 Å². The maximum Gasteiger partial charge on any atom is 0.419 e. The molecular formula is C19H20F4N6OS. The molecule has 31 heavy (non-hydrogen) atoms. The summed E-state index contributed by atoms with van der Waals surface area (Å²) in [4.78, 5) is 8.30. The van der Waals surface area contributed by atoms with Crippen molar-refractivity contribution < 1.29 is 22.7 Å². The molecule has 0 bridgehead atoms. The molecule has 0 amide bonds. The number of alkyl halides is 3. The van der Waals surface area contributed by atoms with Gasteiger partial charge in [-0.1, -0.05) is 0 Å². The van der Waals surface area contributed by atoms with Crippen molar-refractivity contribution in [1.82, 2.24) is 24.5 Å². The number of aliphatic hydroxyl groups is 1. The average Bonchev–Trinajstić information content (AvgIpc) is 3.10. The first-order valence-corrected chi connectivity index (χ1v) is 9.87. The van der Waals surface area contributed by atoms with E-state index in [4.69, 9.17) is 0 Å². The largest absolute Gasteiger partial charge is 0.419 e. The highest BCUT2D eigenvalue weighted by molar-refractivity contribution is 7.97. The second-order valence-electron chi connectivity index (χ2n) is 7.27. The van der Waals surface area contributed by atoms with Crippen LogP contribution < -0.4 is 10.0 Å². The lowest BCUT2D eigenvalue weighted by atomic mass is 10.1. The minimum Gasteiger partial charge on any atom is -0.389 e. The third-order valence-electron chi connectivity index (χ3n) is 3.96. The van der Waals surface area contributed by atoms with E-state index in [-0.39, 0.29) is 23.7 Å². The Kier molecular flexibility index (Phi) is 6.53. The van der Waals surface area contributed by atoms with Gasteiger partial charge >= 0.3 is 6.18 Å². The van der Waals surface area contributed by atoms with Crippen LogP contribution in [0.25, 0.3) is 11.3 Å². The standard InChI is InChI=1S/C19H20F4N6OS/c1-18(2,30)10-29-9-11(7-26-29)16-13(19(21,22)23)8-25-17(28-16)27-15-5-4-12(31-24-3)6-14(15)20/h4-9,24,30H,10H2,1-3H3,(H,25,27,28). The normalized spacial score (nSPS) is 12.3. The lowest BCUT2D eigenvalue weighted by Gasteiger charge is -2.16. The minimum absolute atomic E-state index is 0.0175. The molecule has 3 N–H and O–H groups in total. The van der Waals surface area contributed by atoms with Gasteiger partial charge in [-0.2, -0.15) is 18.3 Å². The maximum absolute atomic E-state index is 14.3. The summed E-state index contributed by atoms with van der Waals surface area (Å²) in [7, 11) is 1.69. The van der Waals surface area contributed by atoms with Crippen LogP contribution in [0.5, 0.6) is 0 Å². The second-order valence-corrected chi connectivity index (χ2v) is 8.35. The molecule has 0 aliphatic rings. The first-order valence-electron chi connectivity index (χ1n) is 9.06. The fourth-order valence-electron chi connectivity index (χ4n) is 2.74. The maximum atomic E-state index is 14.3. The monoisotopic (exact) mass is 456 g/mol. The molecule has 12 heteroatoms. The molecule has 1 aromatic carbocycles. The predicted molar refractivity (Wildman–Crippen MR) is 109 cm³/mol.